The number of benzene rings is 1. The lowest BCUT2D eigenvalue weighted by Crippen LogP contribution is -2.43. The Hall–Kier alpha value is -1.09. The molecule has 5 nitrogen and oxygen atoms in total. The number of carbonyl (C=O) groups is 1. The summed E-state index contributed by atoms with van der Waals surface area (Å²) < 4.78 is 18.9. The first-order valence-electron chi connectivity index (χ1n) is 7.43. The van der Waals surface area contributed by atoms with Crippen molar-refractivity contribution in [2.24, 2.45) is 0 Å². The second-order valence-electron chi connectivity index (χ2n) is 6.22. The molecule has 130 valence electrons. The van der Waals surface area contributed by atoms with Gasteiger partial charge in [0, 0.05) is 22.4 Å². The van der Waals surface area contributed by atoms with Crippen LogP contribution in [0.4, 0.5) is 14.9 Å². The highest BCUT2D eigenvalue weighted by atomic mass is 127. The Morgan fingerprint density at radius 1 is 1.39 bits per heavy atom. The molecular weight excluding hydrogens is 414 g/mol. The molecule has 0 radical (unpaired) electrons. The number of aliphatic hydroxyl groups is 1. The summed E-state index contributed by atoms with van der Waals surface area (Å²) in [5.41, 5.74) is 0.795. The van der Waals surface area contributed by atoms with Crippen LogP contribution in [0.5, 0.6) is 0 Å². The molecule has 0 aliphatic heterocycles. The summed E-state index contributed by atoms with van der Waals surface area (Å²) in [5, 5.41) is 15.0. The third kappa shape index (κ3) is 8.36. The quantitative estimate of drug-likeness (QED) is 0.571. The van der Waals surface area contributed by atoms with Gasteiger partial charge < -0.3 is 20.5 Å². The van der Waals surface area contributed by atoms with Crippen LogP contribution in [-0.4, -0.2) is 36.0 Å². The Morgan fingerprint density at radius 2 is 2.09 bits per heavy atom. The lowest BCUT2D eigenvalue weighted by atomic mass is 10.2. The van der Waals surface area contributed by atoms with E-state index in [1.165, 1.54) is 0 Å². The number of hydrogen-bond acceptors (Lipinski definition) is 4. The summed E-state index contributed by atoms with van der Waals surface area (Å²) in [7, 11) is 0. The van der Waals surface area contributed by atoms with Gasteiger partial charge in [0.1, 0.15) is 12.3 Å². The number of amides is 1. The second kappa shape index (κ2) is 9.27. The fourth-order valence-electron chi connectivity index (χ4n) is 1.93. The van der Waals surface area contributed by atoms with Gasteiger partial charge in [-0.25, -0.2) is 9.18 Å². The number of carbonyl (C=O) groups excluding carboxylic acids is 1. The lowest BCUT2D eigenvalue weighted by molar-refractivity contribution is 0.0500. The molecule has 0 spiro atoms. The van der Waals surface area contributed by atoms with Crippen LogP contribution >= 0.6 is 22.6 Å². The van der Waals surface area contributed by atoms with Crippen LogP contribution < -0.4 is 10.6 Å². The molecule has 0 unspecified atom stereocenters. The fourth-order valence-corrected chi connectivity index (χ4v) is 2.66. The monoisotopic (exact) mass is 438 g/mol. The van der Waals surface area contributed by atoms with Crippen molar-refractivity contribution in [3.05, 3.63) is 27.3 Å². The highest BCUT2D eigenvalue weighted by Crippen LogP contribution is 2.17. The molecule has 1 rings (SSSR count). The highest BCUT2D eigenvalue weighted by Gasteiger charge is 2.19. The summed E-state index contributed by atoms with van der Waals surface area (Å²) >= 11 is 2.13. The van der Waals surface area contributed by atoms with E-state index >= 15 is 0 Å². The third-order valence-corrected chi connectivity index (χ3v) is 3.49. The topological polar surface area (TPSA) is 70.6 Å². The highest BCUT2D eigenvalue weighted by molar-refractivity contribution is 14.1. The number of alkyl halides is 1. The summed E-state index contributed by atoms with van der Waals surface area (Å²) in [5.74, 6) is 0. The van der Waals surface area contributed by atoms with Gasteiger partial charge >= 0.3 is 6.09 Å². The molecule has 0 aliphatic rings. The minimum Gasteiger partial charge on any atom is -0.444 e. The van der Waals surface area contributed by atoms with Gasteiger partial charge in [0.25, 0.3) is 0 Å². The molecule has 0 saturated carbocycles. The van der Waals surface area contributed by atoms with E-state index in [2.05, 4.69) is 33.2 Å². The number of aliphatic hydroxyl groups excluding tert-OH is 1. The molecule has 7 heteroatoms. The number of ether oxygens (including phenoxy) is 1. The Morgan fingerprint density at radius 3 is 2.65 bits per heavy atom. The zero-order valence-corrected chi connectivity index (χ0v) is 15.8. The summed E-state index contributed by atoms with van der Waals surface area (Å²) in [6, 6.07) is 5.10. The Kier molecular flexibility index (Phi) is 8.04. The van der Waals surface area contributed by atoms with Crippen LogP contribution in [0.3, 0.4) is 0 Å². The van der Waals surface area contributed by atoms with Crippen molar-refractivity contribution in [1.82, 2.24) is 5.32 Å². The number of hydrogen-bond donors (Lipinski definition) is 3. The molecular formula is C16H24FIN2O3. The first kappa shape index (κ1) is 20.0. The third-order valence-electron chi connectivity index (χ3n) is 2.86. The van der Waals surface area contributed by atoms with E-state index in [0.29, 0.717) is 18.5 Å². The summed E-state index contributed by atoms with van der Waals surface area (Å²) in [6.07, 6.45) is -0.128. The first-order valence-corrected chi connectivity index (χ1v) is 8.51. The minimum absolute atomic E-state index is 0.0514. The van der Waals surface area contributed by atoms with Crippen LogP contribution in [0, 0.1) is 3.57 Å². The Bertz CT molecular complexity index is 521. The molecule has 0 bridgehead atoms. The van der Waals surface area contributed by atoms with Crippen molar-refractivity contribution in [3.8, 4) is 0 Å². The van der Waals surface area contributed by atoms with Gasteiger partial charge in [-0.2, -0.15) is 0 Å². The number of anilines is 1. The second-order valence-corrected chi connectivity index (χ2v) is 7.46. The van der Waals surface area contributed by atoms with Gasteiger partial charge in [0.2, 0.25) is 0 Å². The van der Waals surface area contributed by atoms with Crippen LogP contribution in [0.15, 0.2) is 18.2 Å². The number of rotatable bonds is 7. The van der Waals surface area contributed by atoms with Gasteiger partial charge in [-0.05, 0) is 73.5 Å². The molecule has 0 aromatic heterocycles. The van der Waals surface area contributed by atoms with Gasteiger partial charge in [-0.15, -0.1) is 0 Å². The number of nitrogens with one attached hydrogen (secondary N) is 2. The zero-order valence-electron chi connectivity index (χ0n) is 13.7. The maximum Gasteiger partial charge on any atom is 0.407 e. The molecule has 1 aromatic carbocycles. The maximum atomic E-state index is 12.8. The van der Waals surface area contributed by atoms with E-state index in [1.807, 2.05) is 6.07 Å². The smallest absolute Gasteiger partial charge is 0.407 e. The molecule has 1 atom stereocenters. The number of halogens is 2. The maximum absolute atomic E-state index is 12.8. The van der Waals surface area contributed by atoms with E-state index < -0.39 is 18.4 Å². The molecule has 3 N–H and O–H groups in total. The van der Waals surface area contributed by atoms with Gasteiger partial charge in [0.05, 0.1) is 6.04 Å². The predicted octanol–water partition coefficient (Wildman–Crippen LogP) is 3.45. The van der Waals surface area contributed by atoms with E-state index in [0.717, 1.165) is 9.26 Å². The van der Waals surface area contributed by atoms with Crippen LogP contribution in [-0.2, 0) is 11.4 Å². The predicted molar refractivity (Wildman–Crippen MR) is 97.3 cm³/mol. The average molecular weight is 438 g/mol. The van der Waals surface area contributed by atoms with Crippen molar-refractivity contribution in [2.45, 2.75) is 45.5 Å². The van der Waals surface area contributed by atoms with E-state index in [1.54, 1.807) is 32.9 Å². The fraction of sp³-hybridized carbons (Fsp3) is 0.562. The van der Waals surface area contributed by atoms with Crippen molar-refractivity contribution in [2.75, 3.05) is 18.5 Å². The standard InChI is InChI=1S/C16H24FIN2O3/c1-16(2,3)23-15(22)20-13(4-5-21)10-19-14-7-11(9-17)6-12(18)8-14/h6-8,13,19,21H,4-5,9-10H2,1-3H3,(H,20,22)/t13-/m0/s1. The summed E-state index contributed by atoms with van der Waals surface area (Å²) in [4.78, 5) is 11.8. The molecule has 0 heterocycles. The zero-order chi connectivity index (χ0) is 17.5. The normalized spacial score (nSPS) is 12.6. The number of alkyl carbamates (subject to hydrolysis) is 1. The van der Waals surface area contributed by atoms with Crippen molar-refractivity contribution >= 4 is 34.4 Å². The van der Waals surface area contributed by atoms with Gasteiger partial charge in [0.15, 0.2) is 0 Å². The lowest BCUT2D eigenvalue weighted by Gasteiger charge is -2.24. The van der Waals surface area contributed by atoms with Crippen molar-refractivity contribution in [3.63, 3.8) is 0 Å². The van der Waals surface area contributed by atoms with Crippen molar-refractivity contribution in [1.29, 1.82) is 0 Å². The summed E-state index contributed by atoms with van der Waals surface area (Å²) in [6.45, 7) is 5.19. The minimum atomic E-state index is -0.577. The molecule has 0 saturated heterocycles. The van der Waals surface area contributed by atoms with Crippen molar-refractivity contribution < 1.29 is 19.0 Å². The largest absolute Gasteiger partial charge is 0.444 e. The molecule has 1 aromatic rings. The van der Waals surface area contributed by atoms with Gasteiger partial charge in [-0.1, -0.05) is 0 Å². The molecule has 0 fully saturated rings. The van der Waals surface area contributed by atoms with E-state index in [4.69, 9.17) is 9.84 Å². The van der Waals surface area contributed by atoms with E-state index in [-0.39, 0.29) is 12.6 Å². The SMILES string of the molecule is CC(C)(C)OC(=O)N[C@@H](CCO)CNc1cc(I)cc(CF)c1. The van der Waals surface area contributed by atoms with Crippen LogP contribution in [0.1, 0.15) is 32.8 Å². The molecule has 23 heavy (non-hydrogen) atoms. The molecule has 0 aliphatic carbocycles. The van der Waals surface area contributed by atoms with E-state index in [9.17, 15) is 9.18 Å². The van der Waals surface area contributed by atoms with Crippen LogP contribution in [0.25, 0.3) is 0 Å². The van der Waals surface area contributed by atoms with Crippen LogP contribution in [0.2, 0.25) is 0 Å². The average Bonchev–Trinajstić information content (AvgIpc) is 2.42. The Balaban J connectivity index is 2.62. The van der Waals surface area contributed by atoms with Gasteiger partial charge in [-0.3, -0.25) is 0 Å². The first-order chi connectivity index (χ1) is 10.7. The Labute approximate surface area is 150 Å². The molecule has 1 amide bonds.